The second kappa shape index (κ2) is 9.75. The van der Waals surface area contributed by atoms with E-state index in [9.17, 15) is 4.79 Å². The molecule has 0 N–H and O–H groups in total. The van der Waals surface area contributed by atoms with Crippen molar-refractivity contribution < 1.29 is 4.79 Å². The van der Waals surface area contributed by atoms with Crippen molar-refractivity contribution in [1.29, 1.82) is 0 Å². The molecule has 2 aromatic heterocycles. The Hall–Kier alpha value is -4.10. The molecule has 186 valence electrons. The van der Waals surface area contributed by atoms with E-state index in [1.165, 1.54) is 10.9 Å². The van der Waals surface area contributed by atoms with Crippen molar-refractivity contribution in [2.75, 3.05) is 26.2 Å². The summed E-state index contributed by atoms with van der Waals surface area (Å²) in [6.07, 6.45) is 0.758. The number of carbonyl (C=O) groups excluding carboxylic acids is 1. The van der Waals surface area contributed by atoms with Gasteiger partial charge in [-0.05, 0) is 35.2 Å². The molecule has 7 nitrogen and oxygen atoms in total. The standard InChI is InChI=1S/C30H30N6O/c1-3-26-27(25-15-9-13-23-12-7-8-14-24(23)25)29-32-31-28(21(2)36(29)33-26)30(37)35-18-16-34(17-19-35)20-22-10-5-4-6-11-22/h4-15H,3,16-20H2,1-2H3. The minimum atomic E-state index is -0.0773. The number of rotatable bonds is 5. The number of amides is 1. The summed E-state index contributed by atoms with van der Waals surface area (Å²) in [5.41, 5.74) is 6.11. The SMILES string of the molecule is CCc1nn2c(C)c(C(=O)N3CCN(Cc4ccccc4)CC3)nnc2c1-c1cccc2ccccc12. The fourth-order valence-corrected chi connectivity index (χ4v) is 5.31. The highest BCUT2D eigenvalue weighted by Gasteiger charge is 2.27. The summed E-state index contributed by atoms with van der Waals surface area (Å²) in [6.45, 7) is 7.93. The lowest BCUT2D eigenvalue weighted by Crippen LogP contribution is -2.48. The fourth-order valence-electron chi connectivity index (χ4n) is 5.31. The largest absolute Gasteiger partial charge is 0.335 e. The molecule has 5 aromatic rings. The molecule has 0 unspecified atom stereocenters. The summed E-state index contributed by atoms with van der Waals surface area (Å²) in [6, 6.07) is 25.1. The lowest BCUT2D eigenvalue weighted by Gasteiger charge is -2.34. The molecule has 1 saturated heterocycles. The molecule has 1 fully saturated rings. The second-order valence-electron chi connectivity index (χ2n) is 9.63. The van der Waals surface area contributed by atoms with Gasteiger partial charge in [-0.15, -0.1) is 10.2 Å². The van der Waals surface area contributed by atoms with Crippen molar-refractivity contribution in [3.63, 3.8) is 0 Å². The van der Waals surface area contributed by atoms with E-state index in [-0.39, 0.29) is 5.91 Å². The summed E-state index contributed by atoms with van der Waals surface area (Å²) in [7, 11) is 0. The topological polar surface area (TPSA) is 66.6 Å². The van der Waals surface area contributed by atoms with Gasteiger partial charge in [0.1, 0.15) is 0 Å². The maximum atomic E-state index is 13.5. The van der Waals surface area contributed by atoms with E-state index in [0.29, 0.717) is 24.4 Å². The lowest BCUT2D eigenvalue weighted by molar-refractivity contribution is 0.0620. The molecule has 1 aliphatic rings. The van der Waals surface area contributed by atoms with Gasteiger partial charge in [-0.2, -0.15) is 5.10 Å². The lowest BCUT2D eigenvalue weighted by atomic mass is 9.97. The van der Waals surface area contributed by atoms with Crippen LogP contribution in [0.4, 0.5) is 0 Å². The van der Waals surface area contributed by atoms with Crippen LogP contribution in [0, 0.1) is 6.92 Å². The maximum Gasteiger partial charge on any atom is 0.276 e. The Kier molecular flexibility index (Phi) is 6.14. The first-order valence-corrected chi connectivity index (χ1v) is 12.9. The molecule has 0 aliphatic carbocycles. The van der Waals surface area contributed by atoms with Crippen LogP contribution in [-0.2, 0) is 13.0 Å². The number of fused-ring (bicyclic) bond motifs is 2. The molecule has 1 aliphatic heterocycles. The number of aryl methyl sites for hydroxylation is 2. The van der Waals surface area contributed by atoms with Crippen molar-refractivity contribution in [2.24, 2.45) is 0 Å². The number of nitrogens with zero attached hydrogens (tertiary/aromatic N) is 6. The van der Waals surface area contributed by atoms with Gasteiger partial charge in [-0.3, -0.25) is 9.69 Å². The van der Waals surface area contributed by atoms with E-state index in [1.807, 2.05) is 28.5 Å². The average molecular weight is 491 g/mol. The fraction of sp³-hybridized carbons (Fsp3) is 0.267. The van der Waals surface area contributed by atoms with Gasteiger partial charge in [-0.25, -0.2) is 4.52 Å². The minimum Gasteiger partial charge on any atom is -0.335 e. The van der Waals surface area contributed by atoms with E-state index in [0.717, 1.165) is 54.0 Å². The highest BCUT2D eigenvalue weighted by molar-refractivity contribution is 6.00. The van der Waals surface area contributed by atoms with E-state index >= 15 is 0 Å². The summed E-state index contributed by atoms with van der Waals surface area (Å²) in [5.74, 6) is -0.0773. The van der Waals surface area contributed by atoms with Crippen LogP contribution in [0.5, 0.6) is 0 Å². The third-order valence-corrected chi connectivity index (χ3v) is 7.34. The number of aromatic nitrogens is 4. The highest BCUT2D eigenvalue weighted by atomic mass is 16.2. The van der Waals surface area contributed by atoms with Gasteiger partial charge in [0.05, 0.1) is 17.0 Å². The van der Waals surface area contributed by atoms with Gasteiger partial charge in [0.25, 0.3) is 5.91 Å². The molecule has 0 saturated carbocycles. The smallest absolute Gasteiger partial charge is 0.276 e. The molecule has 0 bridgehead atoms. The Labute approximate surface area is 216 Å². The Morgan fingerprint density at radius 2 is 1.59 bits per heavy atom. The predicted molar refractivity (Wildman–Crippen MR) is 145 cm³/mol. The number of hydrogen-bond acceptors (Lipinski definition) is 5. The Morgan fingerprint density at radius 1 is 0.865 bits per heavy atom. The zero-order valence-electron chi connectivity index (χ0n) is 21.3. The third kappa shape index (κ3) is 4.25. The Balaban J connectivity index is 1.29. The predicted octanol–water partition coefficient (Wildman–Crippen LogP) is 4.77. The van der Waals surface area contributed by atoms with Gasteiger partial charge < -0.3 is 4.90 Å². The maximum absolute atomic E-state index is 13.5. The molecule has 3 aromatic carbocycles. The Bertz CT molecular complexity index is 1580. The van der Waals surface area contributed by atoms with Gasteiger partial charge in [0.15, 0.2) is 11.3 Å². The van der Waals surface area contributed by atoms with Gasteiger partial charge in [0, 0.05) is 32.7 Å². The molecule has 3 heterocycles. The molecular weight excluding hydrogens is 460 g/mol. The average Bonchev–Trinajstić information content (AvgIpc) is 3.33. The summed E-state index contributed by atoms with van der Waals surface area (Å²) >= 11 is 0. The number of carbonyl (C=O) groups is 1. The number of piperazine rings is 1. The number of hydrogen-bond donors (Lipinski definition) is 0. The normalized spacial score (nSPS) is 14.5. The third-order valence-electron chi connectivity index (χ3n) is 7.34. The molecule has 1 amide bonds. The van der Waals surface area contributed by atoms with Crippen LogP contribution >= 0.6 is 0 Å². The zero-order chi connectivity index (χ0) is 25.4. The van der Waals surface area contributed by atoms with Crippen molar-refractivity contribution >= 4 is 22.3 Å². The molecule has 0 atom stereocenters. The monoisotopic (exact) mass is 490 g/mol. The summed E-state index contributed by atoms with van der Waals surface area (Å²) < 4.78 is 1.81. The second-order valence-corrected chi connectivity index (χ2v) is 9.63. The molecule has 37 heavy (non-hydrogen) atoms. The van der Waals surface area contributed by atoms with E-state index in [1.54, 1.807) is 0 Å². The highest BCUT2D eigenvalue weighted by Crippen LogP contribution is 2.34. The minimum absolute atomic E-state index is 0.0773. The van der Waals surface area contributed by atoms with Gasteiger partial charge in [0.2, 0.25) is 0 Å². The quantitative estimate of drug-likeness (QED) is 0.355. The van der Waals surface area contributed by atoms with Crippen LogP contribution in [0.2, 0.25) is 0 Å². The van der Waals surface area contributed by atoms with Gasteiger partial charge in [-0.1, -0.05) is 79.7 Å². The molecule has 0 spiro atoms. The van der Waals surface area contributed by atoms with Crippen LogP contribution in [0.15, 0.2) is 72.8 Å². The van der Waals surface area contributed by atoms with Crippen LogP contribution in [0.1, 0.15) is 34.4 Å². The van der Waals surface area contributed by atoms with Crippen LogP contribution in [0.25, 0.3) is 27.5 Å². The number of benzene rings is 3. The van der Waals surface area contributed by atoms with Crippen molar-refractivity contribution in [1.82, 2.24) is 29.6 Å². The summed E-state index contributed by atoms with van der Waals surface area (Å²) in [5, 5.41) is 16.3. The molecule has 6 rings (SSSR count). The van der Waals surface area contributed by atoms with Crippen LogP contribution in [0.3, 0.4) is 0 Å². The van der Waals surface area contributed by atoms with E-state index in [4.69, 9.17) is 5.10 Å². The first-order valence-electron chi connectivity index (χ1n) is 12.9. The molecule has 0 radical (unpaired) electrons. The van der Waals surface area contributed by atoms with E-state index < -0.39 is 0 Å². The summed E-state index contributed by atoms with van der Waals surface area (Å²) in [4.78, 5) is 17.8. The Morgan fingerprint density at radius 3 is 2.38 bits per heavy atom. The van der Waals surface area contributed by atoms with E-state index in [2.05, 4.69) is 82.7 Å². The molecular formula is C30H30N6O. The van der Waals surface area contributed by atoms with Crippen LogP contribution in [-0.4, -0.2) is 61.7 Å². The molecule has 7 heteroatoms. The van der Waals surface area contributed by atoms with Crippen molar-refractivity contribution in [2.45, 2.75) is 26.8 Å². The van der Waals surface area contributed by atoms with Gasteiger partial charge >= 0.3 is 0 Å². The first kappa shape index (κ1) is 23.3. The zero-order valence-corrected chi connectivity index (χ0v) is 21.3. The van der Waals surface area contributed by atoms with Crippen molar-refractivity contribution in [3.05, 3.63) is 95.4 Å². The first-order chi connectivity index (χ1) is 18.1. The van der Waals surface area contributed by atoms with Crippen LogP contribution < -0.4 is 0 Å². The van der Waals surface area contributed by atoms with Crippen molar-refractivity contribution in [3.8, 4) is 11.1 Å².